The number of ether oxygens (including phenoxy) is 1. The van der Waals surface area contributed by atoms with Crippen molar-refractivity contribution in [3.05, 3.63) is 107 Å². The molecule has 0 aromatic heterocycles. The van der Waals surface area contributed by atoms with Gasteiger partial charge in [0, 0.05) is 5.56 Å². The largest absolute Gasteiger partial charge is 0.495 e. The van der Waals surface area contributed by atoms with Gasteiger partial charge in [-0.2, -0.15) is 0 Å². The second kappa shape index (κ2) is 8.50. The summed E-state index contributed by atoms with van der Waals surface area (Å²) in [6.07, 6.45) is 1.82. The molecule has 0 atom stereocenters. The van der Waals surface area contributed by atoms with E-state index in [1.807, 2.05) is 78.9 Å². The summed E-state index contributed by atoms with van der Waals surface area (Å²) in [4.78, 5) is 12.9. The SMILES string of the molecule is COc1ccccc1C#C/C(=C\c1ccccc1)C(=O)c1ccccc1. The number of carbonyl (C=O) groups excluding carboxylic acids is 1. The van der Waals surface area contributed by atoms with Gasteiger partial charge in [0.2, 0.25) is 5.78 Å². The number of methoxy groups -OCH3 is 1. The van der Waals surface area contributed by atoms with Crippen LogP contribution >= 0.6 is 0 Å². The first-order chi connectivity index (χ1) is 12.8. The van der Waals surface area contributed by atoms with Crippen LogP contribution in [0.3, 0.4) is 0 Å². The molecule has 0 radical (unpaired) electrons. The summed E-state index contributed by atoms with van der Waals surface area (Å²) in [7, 11) is 1.61. The number of benzene rings is 3. The fraction of sp³-hybridized carbons (Fsp3) is 0.0417. The Morgan fingerprint density at radius 1 is 0.846 bits per heavy atom. The minimum absolute atomic E-state index is 0.100. The molecule has 0 amide bonds. The maximum absolute atomic E-state index is 12.9. The Hall–Kier alpha value is -3.57. The van der Waals surface area contributed by atoms with Crippen molar-refractivity contribution < 1.29 is 9.53 Å². The van der Waals surface area contributed by atoms with E-state index in [0.29, 0.717) is 16.9 Å². The fourth-order valence-electron chi connectivity index (χ4n) is 2.50. The molecule has 2 nitrogen and oxygen atoms in total. The van der Waals surface area contributed by atoms with Gasteiger partial charge in [0.15, 0.2) is 0 Å². The van der Waals surface area contributed by atoms with Gasteiger partial charge in [0.05, 0.1) is 18.2 Å². The Morgan fingerprint density at radius 2 is 1.46 bits per heavy atom. The lowest BCUT2D eigenvalue weighted by atomic mass is 10.0. The Labute approximate surface area is 153 Å². The van der Waals surface area contributed by atoms with Crippen molar-refractivity contribution in [3.8, 4) is 17.6 Å². The van der Waals surface area contributed by atoms with Crippen LogP contribution in [0.15, 0.2) is 90.5 Å². The Bertz CT molecular complexity index is 975. The van der Waals surface area contributed by atoms with E-state index in [9.17, 15) is 4.79 Å². The van der Waals surface area contributed by atoms with Crippen LogP contribution in [0, 0.1) is 11.8 Å². The van der Waals surface area contributed by atoms with Crippen molar-refractivity contribution in [2.75, 3.05) is 7.11 Å². The summed E-state index contributed by atoms with van der Waals surface area (Å²) in [5, 5.41) is 0. The maximum atomic E-state index is 12.9. The van der Waals surface area contributed by atoms with Crippen LogP contribution in [0.1, 0.15) is 21.5 Å². The van der Waals surface area contributed by atoms with E-state index in [1.165, 1.54) is 0 Å². The molecule has 0 fully saturated rings. The molecule has 126 valence electrons. The highest BCUT2D eigenvalue weighted by atomic mass is 16.5. The van der Waals surface area contributed by atoms with Crippen LogP contribution in [0.4, 0.5) is 0 Å². The monoisotopic (exact) mass is 338 g/mol. The summed E-state index contributed by atoms with van der Waals surface area (Å²) >= 11 is 0. The van der Waals surface area contributed by atoms with Gasteiger partial charge < -0.3 is 4.74 Å². The zero-order valence-electron chi connectivity index (χ0n) is 14.5. The van der Waals surface area contributed by atoms with Crippen LogP contribution < -0.4 is 4.74 Å². The lowest BCUT2D eigenvalue weighted by Crippen LogP contribution is -2.02. The van der Waals surface area contributed by atoms with Gasteiger partial charge in [-0.25, -0.2) is 0 Å². The topological polar surface area (TPSA) is 26.3 Å². The van der Waals surface area contributed by atoms with Gasteiger partial charge in [-0.1, -0.05) is 84.6 Å². The highest BCUT2D eigenvalue weighted by Crippen LogP contribution is 2.17. The summed E-state index contributed by atoms with van der Waals surface area (Å²) in [5.74, 6) is 6.70. The summed E-state index contributed by atoms with van der Waals surface area (Å²) in [6.45, 7) is 0. The second-order valence-corrected chi connectivity index (χ2v) is 5.61. The zero-order valence-corrected chi connectivity index (χ0v) is 14.5. The molecule has 3 rings (SSSR count). The van der Waals surface area contributed by atoms with Crippen LogP contribution in [0.2, 0.25) is 0 Å². The summed E-state index contributed by atoms with van der Waals surface area (Å²) in [5.41, 5.74) is 2.73. The smallest absolute Gasteiger partial charge is 0.201 e. The molecule has 3 aromatic carbocycles. The van der Waals surface area contributed by atoms with Crippen LogP contribution in [0.5, 0.6) is 5.75 Å². The van der Waals surface area contributed by atoms with E-state index in [-0.39, 0.29) is 5.78 Å². The van der Waals surface area contributed by atoms with Crippen LogP contribution in [0.25, 0.3) is 6.08 Å². The van der Waals surface area contributed by atoms with Gasteiger partial charge in [0.25, 0.3) is 0 Å². The molecule has 0 saturated carbocycles. The molecule has 0 unspecified atom stereocenters. The average molecular weight is 338 g/mol. The first-order valence-electron chi connectivity index (χ1n) is 8.29. The number of rotatable bonds is 4. The molecule has 0 aliphatic heterocycles. The van der Waals surface area contributed by atoms with Crippen LogP contribution in [-0.2, 0) is 0 Å². The van der Waals surface area contributed by atoms with Crippen molar-refractivity contribution in [2.45, 2.75) is 0 Å². The number of allylic oxidation sites excluding steroid dienone is 1. The molecule has 0 bridgehead atoms. The number of Topliss-reactive ketones (excluding diaryl/α,β-unsaturated/α-hetero) is 1. The molecule has 0 spiro atoms. The molecular weight excluding hydrogens is 320 g/mol. The molecule has 0 aliphatic rings. The first-order valence-corrected chi connectivity index (χ1v) is 8.29. The van der Waals surface area contributed by atoms with E-state index in [1.54, 1.807) is 19.2 Å². The van der Waals surface area contributed by atoms with Crippen molar-refractivity contribution >= 4 is 11.9 Å². The molecule has 26 heavy (non-hydrogen) atoms. The van der Waals surface area contributed by atoms with Crippen molar-refractivity contribution in [2.24, 2.45) is 0 Å². The van der Waals surface area contributed by atoms with Crippen LogP contribution in [-0.4, -0.2) is 12.9 Å². The Morgan fingerprint density at radius 3 is 2.15 bits per heavy atom. The normalized spacial score (nSPS) is 10.6. The van der Waals surface area contributed by atoms with Crippen molar-refractivity contribution in [1.82, 2.24) is 0 Å². The molecule has 0 aliphatic carbocycles. The lowest BCUT2D eigenvalue weighted by Gasteiger charge is -2.03. The minimum atomic E-state index is -0.100. The van der Waals surface area contributed by atoms with E-state index in [4.69, 9.17) is 4.74 Å². The van der Waals surface area contributed by atoms with Gasteiger partial charge in [-0.3, -0.25) is 4.79 Å². The Balaban J connectivity index is 2.03. The quantitative estimate of drug-likeness (QED) is 0.380. The van der Waals surface area contributed by atoms with Gasteiger partial charge in [0.1, 0.15) is 5.75 Å². The lowest BCUT2D eigenvalue weighted by molar-refractivity contribution is 0.104. The van der Waals surface area contributed by atoms with E-state index in [2.05, 4.69) is 11.8 Å². The Kier molecular flexibility index (Phi) is 5.65. The molecule has 0 saturated heterocycles. The number of carbonyl (C=O) groups is 1. The fourth-order valence-corrected chi connectivity index (χ4v) is 2.50. The third-order valence-corrected chi connectivity index (χ3v) is 3.83. The highest BCUT2D eigenvalue weighted by molar-refractivity contribution is 6.14. The average Bonchev–Trinajstić information content (AvgIpc) is 2.72. The number of hydrogen-bond donors (Lipinski definition) is 0. The second-order valence-electron chi connectivity index (χ2n) is 5.61. The standard InChI is InChI=1S/C24H18O2/c1-26-23-15-9-8-12-20(23)16-17-22(18-19-10-4-2-5-11-19)24(25)21-13-6-3-7-14-21/h2-15,18H,1H3/b22-18+. The molecule has 0 heterocycles. The minimum Gasteiger partial charge on any atom is -0.495 e. The molecular formula is C24H18O2. The zero-order chi connectivity index (χ0) is 18.2. The summed E-state index contributed by atoms with van der Waals surface area (Å²) < 4.78 is 5.33. The predicted octanol–water partition coefficient (Wildman–Crippen LogP) is 5.01. The third kappa shape index (κ3) is 4.28. The van der Waals surface area contributed by atoms with Crippen molar-refractivity contribution in [1.29, 1.82) is 0 Å². The highest BCUT2D eigenvalue weighted by Gasteiger charge is 2.10. The van der Waals surface area contributed by atoms with Gasteiger partial charge in [-0.05, 0) is 23.8 Å². The summed E-state index contributed by atoms with van der Waals surface area (Å²) in [6, 6.07) is 26.4. The van der Waals surface area contributed by atoms with Gasteiger partial charge >= 0.3 is 0 Å². The van der Waals surface area contributed by atoms with Crippen molar-refractivity contribution in [3.63, 3.8) is 0 Å². The van der Waals surface area contributed by atoms with E-state index < -0.39 is 0 Å². The third-order valence-electron chi connectivity index (χ3n) is 3.83. The molecule has 0 N–H and O–H groups in total. The van der Waals surface area contributed by atoms with E-state index in [0.717, 1.165) is 11.1 Å². The molecule has 2 heteroatoms. The number of para-hydroxylation sites is 1. The number of ketones is 1. The number of hydrogen-bond acceptors (Lipinski definition) is 2. The first kappa shape index (κ1) is 17.3. The maximum Gasteiger partial charge on any atom is 0.201 e. The molecule has 3 aromatic rings. The predicted molar refractivity (Wildman–Crippen MR) is 105 cm³/mol. The van der Waals surface area contributed by atoms with Gasteiger partial charge in [-0.15, -0.1) is 0 Å². The van der Waals surface area contributed by atoms with E-state index >= 15 is 0 Å².